The molecule has 0 radical (unpaired) electrons. The molecule has 3 aromatic carbocycles. The van der Waals surface area contributed by atoms with E-state index in [4.69, 9.17) is 0 Å². The number of amides is 1. The quantitative estimate of drug-likeness (QED) is 0.451. The van der Waals surface area contributed by atoms with Crippen molar-refractivity contribution in [3.63, 3.8) is 0 Å². The third-order valence-corrected chi connectivity index (χ3v) is 5.84. The largest absolute Gasteiger partial charge is 0.354 e. The Morgan fingerprint density at radius 2 is 1.72 bits per heavy atom. The number of para-hydroxylation sites is 1. The number of hydrogen-bond donors (Lipinski definition) is 1. The Morgan fingerprint density at radius 3 is 2.47 bits per heavy atom. The molecule has 1 N–H and O–H groups in total. The number of fused-ring (bicyclic) bond motifs is 1. The molecule has 0 unspecified atom stereocenters. The van der Waals surface area contributed by atoms with Gasteiger partial charge in [0.2, 0.25) is 5.91 Å². The SMILES string of the molecule is O=C(NCCc1ccc(F)cc1)[C@@H]1Cc2ccccc2CN1Cc1ccccc1[N+](=O)[O-]. The first-order valence-electron chi connectivity index (χ1n) is 10.6. The van der Waals surface area contributed by atoms with Crippen LogP contribution >= 0.6 is 0 Å². The lowest BCUT2D eigenvalue weighted by Gasteiger charge is -2.36. The second kappa shape index (κ2) is 9.70. The minimum Gasteiger partial charge on any atom is -0.354 e. The molecule has 0 spiro atoms. The smallest absolute Gasteiger partial charge is 0.273 e. The molecule has 164 valence electrons. The van der Waals surface area contributed by atoms with Gasteiger partial charge in [-0.05, 0) is 41.7 Å². The molecule has 0 aromatic heterocycles. The highest BCUT2D eigenvalue weighted by atomic mass is 19.1. The average Bonchev–Trinajstić information content (AvgIpc) is 2.80. The molecule has 4 rings (SSSR count). The van der Waals surface area contributed by atoms with Crippen molar-refractivity contribution in [2.24, 2.45) is 0 Å². The zero-order valence-electron chi connectivity index (χ0n) is 17.5. The molecule has 6 nitrogen and oxygen atoms in total. The summed E-state index contributed by atoms with van der Waals surface area (Å²) in [6.07, 6.45) is 1.14. The fourth-order valence-corrected chi connectivity index (χ4v) is 4.14. The van der Waals surface area contributed by atoms with Crippen molar-refractivity contribution < 1.29 is 14.1 Å². The lowest BCUT2D eigenvalue weighted by Crippen LogP contribution is -2.50. The standard InChI is InChI=1S/C25H24FN3O3/c26-22-11-9-18(10-12-22)13-14-27-25(30)24-15-19-5-1-2-6-20(19)16-28(24)17-21-7-3-4-8-23(21)29(31)32/h1-12,24H,13-17H2,(H,27,30)/t24-/m0/s1. The van der Waals surface area contributed by atoms with Gasteiger partial charge in [-0.1, -0.05) is 54.6 Å². The molecule has 0 aliphatic carbocycles. The first kappa shape index (κ1) is 21.6. The fraction of sp³-hybridized carbons (Fsp3) is 0.240. The molecular formula is C25H24FN3O3. The Bertz CT molecular complexity index is 1120. The summed E-state index contributed by atoms with van der Waals surface area (Å²) in [6, 6.07) is 20.4. The highest BCUT2D eigenvalue weighted by Gasteiger charge is 2.32. The maximum atomic E-state index is 13.1. The van der Waals surface area contributed by atoms with Crippen molar-refractivity contribution in [3.8, 4) is 0 Å². The number of benzene rings is 3. The van der Waals surface area contributed by atoms with E-state index < -0.39 is 6.04 Å². The van der Waals surface area contributed by atoms with Crippen LogP contribution in [0, 0.1) is 15.9 Å². The maximum Gasteiger partial charge on any atom is 0.273 e. The minimum absolute atomic E-state index is 0.0572. The summed E-state index contributed by atoms with van der Waals surface area (Å²) < 4.78 is 13.1. The zero-order chi connectivity index (χ0) is 22.5. The molecule has 0 bridgehead atoms. The third-order valence-electron chi connectivity index (χ3n) is 5.84. The molecule has 0 saturated heterocycles. The Morgan fingerprint density at radius 1 is 1.03 bits per heavy atom. The second-order valence-electron chi connectivity index (χ2n) is 7.95. The Balaban J connectivity index is 1.50. The van der Waals surface area contributed by atoms with E-state index in [0.717, 1.165) is 16.7 Å². The molecule has 32 heavy (non-hydrogen) atoms. The number of carbonyl (C=O) groups is 1. The van der Waals surface area contributed by atoms with E-state index in [9.17, 15) is 19.3 Å². The van der Waals surface area contributed by atoms with Crippen molar-refractivity contribution in [3.05, 3.63) is 111 Å². The summed E-state index contributed by atoms with van der Waals surface area (Å²) in [5, 5.41) is 14.4. The van der Waals surface area contributed by atoms with Gasteiger partial charge in [0.05, 0.1) is 11.0 Å². The monoisotopic (exact) mass is 433 g/mol. The van der Waals surface area contributed by atoms with Gasteiger partial charge in [0, 0.05) is 31.3 Å². The molecule has 3 aromatic rings. The highest BCUT2D eigenvalue weighted by Crippen LogP contribution is 2.27. The molecule has 1 aliphatic heterocycles. The highest BCUT2D eigenvalue weighted by molar-refractivity contribution is 5.82. The van der Waals surface area contributed by atoms with E-state index in [0.29, 0.717) is 38.0 Å². The Labute approximate surface area is 185 Å². The van der Waals surface area contributed by atoms with E-state index in [-0.39, 0.29) is 22.3 Å². The average molecular weight is 433 g/mol. The summed E-state index contributed by atoms with van der Waals surface area (Å²) in [7, 11) is 0. The topological polar surface area (TPSA) is 75.5 Å². The number of halogens is 1. The molecule has 1 amide bonds. The molecule has 0 saturated carbocycles. The van der Waals surface area contributed by atoms with Gasteiger partial charge in [0.1, 0.15) is 5.82 Å². The van der Waals surface area contributed by atoms with Gasteiger partial charge in [-0.25, -0.2) is 4.39 Å². The fourth-order valence-electron chi connectivity index (χ4n) is 4.14. The van der Waals surface area contributed by atoms with Crippen molar-refractivity contribution in [1.29, 1.82) is 0 Å². The number of hydrogen-bond acceptors (Lipinski definition) is 4. The number of rotatable bonds is 7. The van der Waals surface area contributed by atoms with Crippen LogP contribution in [0.15, 0.2) is 72.8 Å². The Kier molecular flexibility index (Phi) is 6.56. The first-order valence-corrected chi connectivity index (χ1v) is 10.6. The van der Waals surface area contributed by atoms with Crippen LogP contribution in [0.25, 0.3) is 0 Å². The zero-order valence-corrected chi connectivity index (χ0v) is 17.5. The number of nitrogens with zero attached hydrogens (tertiary/aromatic N) is 2. The minimum atomic E-state index is -0.432. The van der Waals surface area contributed by atoms with Gasteiger partial charge < -0.3 is 5.32 Å². The van der Waals surface area contributed by atoms with Gasteiger partial charge in [-0.2, -0.15) is 0 Å². The van der Waals surface area contributed by atoms with Crippen LogP contribution in [0.5, 0.6) is 0 Å². The van der Waals surface area contributed by atoms with Crippen LogP contribution in [0.4, 0.5) is 10.1 Å². The van der Waals surface area contributed by atoms with E-state index in [1.54, 1.807) is 30.3 Å². The molecular weight excluding hydrogens is 409 g/mol. The molecule has 0 fully saturated rings. The predicted molar refractivity (Wildman–Crippen MR) is 119 cm³/mol. The van der Waals surface area contributed by atoms with Crippen molar-refractivity contribution in [1.82, 2.24) is 10.2 Å². The third kappa shape index (κ3) is 5.00. The summed E-state index contributed by atoms with van der Waals surface area (Å²) in [6.45, 7) is 1.28. The lowest BCUT2D eigenvalue weighted by atomic mass is 9.93. The second-order valence-corrected chi connectivity index (χ2v) is 7.95. The number of nitro benzene ring substituents is 1. The van der Waals surface area contributed by atoms with Gasteiger partial charge in [-0.3, -0.25) is 19.8 Å². The Hall–Kier alpha value is -3.58. The summed E-state index contributed by atoms with van der Waals surface area (Å²) in [5.41, 5.74) is 3.83. The maximum absolute atomic E-state index is 13.1. The van der Waals surface area contributed by atoms with Crippen molar-refractivity contribution >= 4 is 11.6 Å². The number of carbonyl (C=O) groups excluding carboxylic acids is 1. The van der Waals surface area contributed by atoms with E-state index in [1.165, 1.54) is 18.2 Å². The number of nitrogens with one attached hydrogen (secondary N) is 1. The van der Waals surface area contributed by atoms with Crippen LogP contribution in [-0.4, -0.2) is 28.3 Å². The summed E-state index contributed by atoms with van der Waals surface area (Å²) in [5.74, 6) is -0.399. The lowest BCUT2D eigenvalue weighted by molar-refractivity contribution is -0.385. The molecule has 1 aliphatic rings. The van der Waals surface area contributed by atoms with Crippen LogP contribution < -0.4 is 5.32 Å². The normalized spacial score (nSPS) is 15.7. The van der Waals surface area contributed by atoms with E-state index in [2.05, 4.69) is 5.32 Å². The molecule has 1 heterocycles. The van der Waals surface area contributed by atoms with E-state index >= 15 is 0 Å². The first-order chi connectivity index (χ1) is 15.5. The van der Waals surface area contributed by atoms with Gasteiger partial charge in [0.15, 0.2) is 0 Å². The number of nitro groups is 1. The molecule has 7 heteroatoms. The van der Waals surface area contributed by atoms with Crippen LogP contribution in [-0.2, 0) is 30.7 Å². The molecule has 1 atom stereocenters. The summed E-state index contributed by atoms with van der Waals surface area (Å²) in [4.78, 5) is 26.2. The van der Waals surface area contributed by atoms with Gasteiger partial charge in [0.25, 0.3) is 5.69 Å². The van der Waals surface area contributed by atoms with Gasteiger partial charge in [-0.15, -0.1) is 0 Å². The van der Waals surface area contributed by atoms with Crippen molar-refractivity contribution in [2.45, 2.75) is 32.0 Å². The van der Waals surface area contributed by atoms with Crippen LogP contribution in [0.1, 0.15) is 22.3 Å². The van der Waals surface area contributed by atoms with Crippen molar-refractivity contribution in [2.75, 3.05) is 6.54 Å². The van der Waals surface area contributed by atoms with Gasteiger partial charge >= 0.3 is 0 Å². The van der Waals surface area contributed by atoms with Crippen LogP contribution in [0.3, 0.4) is 0 Å². The van der Waals surface area contributed by atoms with Crippen LogP contribution in [0.2, 0.25) is 0 Å². The van der Waals surface area contributed by atoms with E-state index in [1.807, 2.05) is 29.2 Å². The summed E-state index contributed by atoms with van der Waals surface area (Å²) >= 11 is 0. The predicted octanol–water partition coefficient (Wildman–Crippen LogP) is 4.02.